The van der Waals surface area contributed by atoms with Crippen LogP contribution in [0.5, 0.6) is 0 Å². The topological polar surface area (TPSA) is 75.3 Å². The van der Waals surface area contributed by atoms with Gasteiger partial charge in [-0.25, -0.2) is 9.78 Å². The van der Waals surface area contributed by atoms with E-state index in [4.69, 9.17) is 0 Å². The van der Waals surface area contributed by atoms with E-state index in [1.807, 2.05) is 30.3 Å². The van der Waals surface area contributed by atoms with Crippen LogP contribution in [0.4, 0.5) is 13.2 Å². The van der Waals surface area contributed by atoms with E-state index in [9.17, 15) is 28.2 Å². The van der Waals surface area contributed by atoms with Crippen LogP contribution >= 0.6 is 11.8 Å². The fourth-order valence-electron chi connectivity index (χ4n) is 3.07. The van der Waals surface area contributed by atoms with E-state index in [0.29, 0.717) is 0 Å². The lowest BCUT2D eigenvalue weighted by molar-refractivity contribution is -0.267. The van der Waals surface area contributed by atoms with E-state index >= 15 is 0 Å². The summed E-state index contributed by atoms with van der Waals surface area (Å²) in [4.78, 5) is 15.6. The van der Waals surface area contributed by atoms with Crippen LogP contribution in [0, 0.1) is 6.92 Å². The molecule has 2 aromatic carbocycles. The van der Waals surface area contributed by atoms with E-state index in [2.05, 4.69) is 4.98 Å². The third-order valence-electron chi connectivity index (χ3n) is 4.50. The first-order valence-electron chi connectivity index (χ1n) is 8.43. The monoisotopic (exact) mass is 422 g/mol. The Morgan fingerprint density at radius 3 is 2.07 bits per heavy atom. The lowest BCUT2D eigenvalue weighted by Gasteiger charge is -2.28. The quantitative estimate of drug-likeness (QED) is 0.596. The molecule has 29 heavy (non-hydrogen) atoms. The molecule has 3 rings (SSSR count). The molecule has 1 atom stereocenters. The third kappa shape index (κ3) is 3.51. The predicted octanol–water partition coefficient (Wildman–Crippen LogP) is 4.40. The van der Waals surface area contributed by atoms with Gasteiger partial charge in [0, 0.05) is 5.69 Å². The van der Waals surface area contributed by atoms with Gasteiger partial charge in [0.2, 0.25) is 0 Å². The Morgan fingerprint density at radius 1 is 1.03 bits per heavy atom. The minimum atomic E-state index is -5.45. The number of alkyl halides is 3. The zero-order valence-electron chi connectivity index (χ0n) is 15.4. The van der Waals surface area contributed by atoms with Crippen molar-refractivity contribution in [3.8, 4) is 16.8 Å². The minimum Gasteiger partial charge on any atom is -0.479 e. The number of benzene rings is 2. The highest BCUT2D eigenvalue weighted by Gasteiger charge is 2.64. The van der Waals surface area contributed by atoms with Gasteiger partial charge in [0.15, 0.2) is 0 Å². The number of carboxylic acids is 1. The number of aliphatic carboxylic acids is 1. The fraction of sp³-hybridized carbons (Fsp3) is 0.200. The molecule has 0 spiro atoms. The Kier molecular flexibility index (Phi) is 5.46. The second kappa shape index (κ2) is 7.57. The van der Waals surface area contributed by atoms with Gasteiger partial charge in [-0.2, -0.15) is 13.2 Å². The molecular formula is C20H17F3N2O3S. The van der Waals surface area contributed by atoms with Crippen molar-refractivity contribution < 1.29 is 28.2 Å². The number of aromatic nitrogens is 2. The van der Waals surface area contributed by atoms with Crippen LogP contribution in [0.3, 0.4) is 0 Å². The number of thioether (sulfide) groups is 1. The van der Waals surface area contributed by atoms with Crippen LogP contribution in [0.25, 0.3) is 16.8 Å². The van der Waals surface area contributed by atoms with Crippen LogP contribution in [-0.4, -0.2) is 38.2 Å². The number of imidazole rings is 1. The van der Waals surface area contributed by atoms with Gasteiger partial charge in [-0.05, 0) is 36.4 Å². The Bertz CT molecular complexity index is 1030. The highest BCUT2D eigenvalue weighted by molar-refractivity contribution is 7.98. The summed E-state index contributed by atoms with van der Waals surface area (Å²) in [6.07, 6.45) is -3.98. The van der Waals surface area contributed by atoms with Crippen molar-refractivity contribution in [2.45, 2.75) is 23.7 Å². The first-order chi connectivity index (χ1) is 13.6. The van der Waals surface area contributed by atoms with Crippen molar-refractivity contribution in [2.24, 2.45) is 0 Å². The number of carbonyl (C=O) groups is 1. The Labute approximate surface area is 168 Å². The predicted molar refractivity (Wildman–Crippen MR) is 103 cm³/mol. The lowest BCUT2D eigenvalue weighted by atomic mass is 9.99. The first-order valence-corrected chi connectivity index (χ1v) is 9.66. The van der Waals surface area contributed by atoms with Crippen LogP contribution in [0.2, 0.25) is 0 Å². The first kappa shape index (κ1) is 20.9. The summed E-state index contributed by atoms with van der Waals surface area (Å²) in [6.45, 7) is 1.45. The molecule has 1 unspecified atom stereocenters. The van der Waals surface area contributed by atoms with Gasteiger partial charge in [0.05, 0.1) is 0 Å². The summed E-state index contributed by atoms with van der Waals surface area (Å²) in [5.74, 6) is -2.29. The molecule has 9 heteroatoms. The molecule has 152 valence electrons. The lowest BCUT2D eigenvalue weighted by Crippen LogP contribution is -2.50. The smallest absolute Gasteiger partial charge is 0.434 e. The zero-order chi connectivity index (χ0) is 21.4. The SMILES string of the molecule is CSc1nc(C)n(-c2ccc(-c3ccccc3)cc2)c1C(O)(C(=O)O)C(F)(F)F. The number of nitrogens with zero attached hydrogens (tertiary/aromatic N) is 2. The van der Waals surface area contributed by atoms with Crippen molar-refractivity contribution in [3.05, 3.63) is 66.1 Å². The third-order valence-corrected chi connectivity index (χ3v) is 5.17. The number of hydrogen-bond donors (Lipinski definition) is 2. The molecule has 0 aliphatic rings. The van der Waals surface area contributed by atoms with E-state index in [0.717, 1.165) is 27.5 Å². The number of aryl methyl sites for hydroxylation is 1. The zero-order valence-corrected chi connectivity index (χ0v) is 16.3. The standard InChI is InChI=1S/C20H17F3N2O3S/c1-12-24-17(29-2)16(19(28,18(26)27)20(21,22)23)25(12)15-10-8-14(9-11-15)13-6-4-3-5-7-13/h3-11,28H,1-2H3,(H,26,27). The van der Waals surface area contributed by atoms with E-state index in [1.165, 1.54) is 13.2 Å². The molecule has 0 saturated carbocycles. The summed E-state index contributed by atoms with van der Waals surface area (Å²) < 4.78 is 42.0. The van der Waals surface area contributed by atoms with Crippen LogP contribution in [0.15, 0.2) is 59.6 Å². The summed E-state index contributed by atoms with van der Waals surface area (Å²) in [6, 6.07) is 15.9. The maximum absolute atomic E-state index is 13.7. The average molecular weight is 422 g/mol. The molecule has 0 bridgehead atoms. The number of hydrogen-bond acceptors (Lipinski definition) is 4. The second-order valence-electron chi connectivity index (χ2n) is 6.28. The number of carboxylic acid groups (broad SMARTS) is 1. The van der Waals surface area contributed by atoms with Crippen molar-refractivity contribution in [2.75, 3.05) is 6.26 Å². The molecule has 0 fully saturated rings. The van der Waals surface area contributed by atoms with Gasteiger partial charge in [-0.3, -0.25) is 4.57 Å². The van der Waals surface area contributed by atoms with E-state index in [-0.39, 0.29) is 16.5 Å². The van der Waals surface area contributed by atoms with Gasteiger partial charge in [0.25, 0.3) is 0 Å². The van der Waals surface area contributed by atoms with Gasteiger partial charge in [-0.15, -0.1) is 11.8 Å². The molecule has 2 N–H and O–H groups in total. The van der Waals surface area contributed by atoms with Crippen molar-refractivity contribution >= 4 is 17.7 Å². The molecule has 0 aliphatic heterocycles. The highest BCUT2D eigenvalue weighted by atomic mass is 32.2. The van der Waals surface area contributed by atoms with Crippen molar-refractivity contribution in [1.29, 1.82) is 0 Å². The normalized spacial score (nSPS) is 13.9. The average Bonchev–Trinajstić information content (AvgIpc) is 3.03. The summed E-state index contributed by atoms with van der Waals surface area (Å²) in [7, 11) is 0. The molecule has 0 amide bonds. The largest absolute Gasteiger partial charge is 0.479 e. The van der Waals surface area contributed by atoms with Gasteiger partial charge in [-0.1, -0.05) is 42.5 Å². The van der Waals surface area contributed by atoms with Crippen molar-refractivity contribution in [1.82, 2.24) is 9.55 Å². The summed E-state index contributed by atoms with van der Waals surface area (Å²) in [5, 5.41) is 19.4. The highest BCUT2D eigenvalue weighted by Crippen LogP contribution is 2.44. The molecular weight excluding hydrogens is 405 g/mol. The maximum atomic E-state index is 13.7. The fourth-order valence-corrected chi connectivity index (χ4v) is 3.73. The number of aliphatic hydroxyl groups is 1. The molecule has 0 radical (unpaired) electrons. The molecule has 1 heterocycles. The molecule has 0 aliphatic carbocycles. The Balaban J connectivity index is 2.21. The molecule has 5 nitrogen and oxygen atoms in total. The number of halogens is 3. The second-order valence-corrected chi connectivity index (χ2v) is 7.07. The van der Waals surface area contributed by atoms with E-state index < -0.39 is 23.4 Å². The van der Waals surface area contributed by atoms with Crippen LogP contribution < -0.4 is 0 Å². The summed E-state index contributed by atoms with van der Waals surface area (Å²) in [5.41, 5.74) is -2.93. The minimum absolute atomic E-state index is 0.126. The van der Waals surface area contributed by atoms with E-state index in [1.54, 1.807) is 24.3 Å². The van der Waals surface area contributed by atoms with Crippen LogP contribution in [0.1, 0.15) is 11.5 Å². The van der Waals surface area contributed by atoms with Gasteiger partial charge >= 0.3 is 17.7 Å². The molecule has 3 aromatic rings. The Hall–Kier alpha value is -2.78. The van der Waals surface area contributed by atoms with Gasteiger partial charge < -0.3 is 10.2 Å². The Morgan fingerprint density at radius 2 is 1.59 bits per heavy atom. The molecule has 0 saturated heterocycles. The maximum Gasteiger partial charge on any atom is 0.434 e. The van der Waals surface area contributed by atoms with Crippen molar-refractivity contribution in [3.63, 3.8) is 0 Å². The van der Waals surface area contributed by atoms with Gasteiger partial charge in [0.1, 0.15) is 16.5 Å². The summed E-state index contributed by atoms with van der Waals surface area (Å²) >= 11 is 0.830. The number of rotatable bonds is 5. The van der Waals surface area contributed by atoms with Crippen LogP contribution in [-0.2, 0) is 10.4 Å². The molecule has 1 aromatic heterocycles.